The second-order valence-corrected chi connectivity index (χ2v) is 5.66. The summed E-state index contributed by atoms with van der Waals surface area (Å²) in [6, 6.07) is 13.9. The summed E-state index contributed by atoms with van der Waals surface area (Å²) < 4.78 is 5.75. The molecule has 25 heavy (non-hydrogen) atoms. The van der Waals surface area contributed by atoms with Crippen LogP contribution in [0.2, 0.25) is 0 Å². The van der Waals surface area contributed by atoms with Gasteiger partial charge in [0.25, 0.3) is 0 Å². The number of aromatic carboxylic acids is 1. The molecular weight excluding hydrogens is 324 g/mol. The van der Waals surface area contributed by atoms with Gasteiger partial charge >= 0.3 is 12.1 Å². The molecule has 0 aliphatic carbocycles. The van der Waals surface area contributed by atoms with Crippen LogP contribution in [0.5, 0.6) is 11.5 Å². The summed E-state index contributed by atoms with van der Waals surface area (Å²) in [5.41, 5.74) is 0.887. The fraction of sp³-hybridized carbons (Fsp3) is 0.222. The topological polar surface area (TPSA) is 90.3 Å². The maximum Gasteiger partial charge on any atom is 0.407 e. The van der Waals surface area contributed by atoms with Crippen molar-refractivity contribution in [2.24, 2.45) is 0 Å². The number of piperazine rings is 1. The first-order valence-electron chi connectivity index (χ1n) is 7.87. The van der Waals surface area contributed by atoms with Crippen LogP contribution in [0.4, 0.5) is 10.5 Å². The predicted octanol–water partition coefficient (Wildman–Crippen LogP) is 2.98. The molecule has 2 aromatic carbocycles. The Morgan fingerprint density at radius 3 is 2.20 bits per heavy atom. The number of carbonyl (C=O) groups is 2. The molecule has 0 unspecified atom stereocenters. The highest BCUT2D eigenvalue weighted by molar-refractivity contribution is 5.91. The molecule has 1 amide bonds. The second kappa shape index (κ2) is 7.12. The zero-order valence-electron chi connectivity index (χ0n) is 13.5. The van der Waals surface area contributed by atoms with Gasteiger partial charge in [0.15, 0.2) is 0 Å². The van der Waals surface area contributed by atoms with E-state index in [1.54, 1.807) is 24.3 Å². The zero-order valence-corrected chi connectivity index (χ0v) is 13.5. The number of rotatable bonds is 4. The molecule has 1 saturated heterocycles. The average Bonchev–Trinajstić information content (AvgIpc) is 2.62. The first-order valence-corrected chi connectivity index (χ1v) is 7.87. The van der Waals surface area contributed by atoms with E-state index in [4.69, 9.17) is 9.84 Å². The summed E-state index contributed by atoms with van der Waals surface area (Å²) >= 11 is 0. The highest BCUT2D eigenvalue weighted by Gasteiger charge is 2.22. The third-order valence-electron chi connectivity index (χ3n) is 4.08. The van der Waals surface area contributed by atoms with Crippen molar-refractivity contribution in [3.63, 3.8) is 0 Å². The number of para-hydroxylation sites is 1. The van der Waals surface area contributed by atoms with Crippen molar-refractivity contribution in [3.8, 4) is 11.5 Å². The molecule has 2 aromatic rings. The van der Waals surface area contributed by atoms with Gasteiger partial charge in [-0.1, -0.05) is 18.2 Å². The smallest absolute Gasteiger partial charge is 0.407 e. The molecule has 0 aromatic heterocycles. The van der Waals surface area contributed by atoms with Crippen molar-refractivity contribution in [1.29, 1.82) is 0 Å². The van der Waals surface area contributed by atoms with E-state index in [0.717, 1.165) is 5.69 Å². The van der Waals surface area contributed by atoms with Crippen LogP contribution in [0.3, 0.4) is 0 Å². The molecule has 2 N–H and O–H groups in total. The van der Waals surface area contributed by atoms with Crippen molar-refractivity contribution in [2.45, 2.75) is 0 Å². The lowest BCUT2D eigenvalue weighted by molar-refractivity contribution is 0.0694. The maximum absolute atomic E-state index is 11.5. The highest BCUT2D eigenvalue weighted by Crippen LogP contribution is 2.30. The Hall–Kier alpha value is -3.22. The summed E-state index contributed by atoms with van der Waals surface area (Å²) in [5, 5.41) is 18.4. The van der Waals surface area contributed by atoms with Crippen molar-refractivity contribution in [1.82, 2.24) is 4.90 Å². The van der Waals surface area contributed by atoms with Crippen molar-refractivity contribution >= 4 is 17.7 Å². The van der Waals surface area contributed by atoms with E-state index in [2.05, 4.69) is 0 Å². The molecule has 0 bridgehead atoms. The Bertz CT molecular complexity index is 770. The zero-order chi connectivity index (χ0) is 17.8. The number of benzene rings is 2. The van der Waals surface area contributed by atoms with Crippen LogP contribution >= 0.6 is 0 Å². The minimum absolute atomic E-state index is 0.0803. The third-order valence-corrected chi connectivity index (χ3v) is 4.08. The number of ether oxygens (including phenoxy) is 1. The first kappa shape index (κ1) is 16.6. The first-order chi connectivity index (χ1) is 12.0. The molecule has 130 valence electrons. The summed E-state index contributed by atoms with van der Waals surface area (Å²) in [6.07, 6.45) is -0.922. The number of hydrogen-bond donors (Lipinski definition) is 2. The summed E-state index contributed by atoms with van der Waals surface area (Å²) in [5.74, 6) is -0.247. The van der Waals surface area contributed by atoms with E-state index in [1.165, 1.54) is 11.0 Å². The number of carboxylic acid groups (broad SMARTS) is 2. The standard InChI is InChI=1S/C18H18N2O5/c21-17(22)15-7-6-13(19-8-10-20(11-9-19)18(23)24)12-16(15)25-14-4-2-1-3-5-14/h1-7,12H,8-11H2,(H,21,22)(H,23,24). The Morgan fingerprint density at radius 1 is 0.920 bits per heavy atom. The Labute approximate surface area is 144 Å². The largest absolute Gasteiger partial charge is 0.478 e. The van der Waals surface area contributed by atoms with E-state index in [0.29, 0.717) is 31.9 Å². The van der Waals surface area contributed by atoms with Gasteiger partial charge in [0, 0.05) is 37.9 Å². The SMILES string of the molecule is O=C(O)c1ccc(N2CCN(C(=O)O)CC2)cc1Oc1ccccc1. The highest BCUT2D eigenvalue weighted by atomic mass is 16.5. The molecule has 1 heterocycles. The van der Waals surface area contributed by atoms with Crippen LogP contribution in [0.15, 0.2) is 48.5 Å². The third kappa shape index (κ3) is 3.82. The van der Waals surface area contributed by atoms with Crippen LogP contribution in [-0.2, 0) is 0 Å². The van der Waals surface area contributed by atoms with Crippen LogP contribution in [0, 0.1) is 0 Å². The minimum atomic E-state index is -1.06. The lowest BCUT2D eigenvalue weighted by atomic mass is 10.1. The molecule has 0 atom stereocenters. The lowest BCUT2D eigenvalue weighted by Crippen LogP contribution is -2.48. The van der Waals surface area contributed by atoms with Crippen LogP contribution < -0.4 is 9.64 Å². The van der Waals surface area contributed by atoms with E-state index in [1.807, 2.05) is 23.1 Å². The Balaban J connectivity index is 1.83. The van der Waals surface area contributed by atoms with Gasteiger partial charge in [-0.25, -0.2) is 9.59 Å². The lowest BCUT2D eigenvalue weighted by Gasteiger charge is -2.34. The maximum atomic E-state index is 11.5. The van der Waals surface area contributed by atoms with Crippen LogP contribution in [0.25, 0.3) is 0 Å². The van der Waals surface area contributed by atoms with Gasteiger partial charge < -0.3 is 24.7 Å². The quantitative estimate of drug-likeness (QED) is 0.888. The van der Waals surface area contributed by atoms with Gasteiger partial charge in [-0.15, -0.1) is 0 Å². The van der Waals surface area contributed by atoms with Gasteiger partial charge in [0.05, 0.1) is 0 Å². The monoisotopic (exact) mass is 342 g/mol. The van der Waals surface area contributed by atoms with Gasteiger partial charge in [0.2, 0.25) is 0 Å². The fourth-order valence-corrected chi connectivity index (χ4v) is 2.74. The van der Waals surface area contributed by atoms with Gasteiger partial charge in [-0.3, -0.25) is 0 Å². The van der Waals surface area contributed by atoms with E-state index in [9.17, 15) is 14.7 Å². The fourth-order valence-electron chi connectivity index (χ4n) is 2.74. The number of nitrogens with zero attached hydrogens (tertiary/aromatic N) is 2. The van der Waals surface area contributed by atoms with Gasteiger partial charge in [0.1, 0.15) is 17.1 Å². The number of hydrogen-bond acceptors (Lipinski definition) is 4. The number of anilines is 1. The summed E-state index contributed by atoms with van der Waals surface area (Å²) in [7, 11) is 0. The minimum Gasteiger partial charge on any atom is -0.478 e. The molecule has 1 aliphatic heterocycles. The molecule has 1 aliphatic rings. The molecule has 0 saturated carbocycles. The Kier molecular flexibility index (Phi) is 4.74. The average molecular weight is 342 g/mol. The van der Waals surface area contributed by atoms with Crippen LogP contribution in [-0.4, -0.2) is 53.4 Å². The van der Waals surface area contributed by atoms with Gasteiger partial charge in [-0.05, 0) is 24.3 Å². The van der Waals surface area contributed by atoms with Gasteiger partial charge in [-0.2, -0.15) is 0 Å². The molecule has 0 spiro atoms. The molecule has 7 nitrogen and oxygen atoms in total. The normalized spacial score (nSPS) is 14.2. The predicted molar refractivity (Wildman–Crippen MR) is 91.7 cm³/mol. The van der Waals surface area contributed by atoms with Crippen molar-refractivity contribution in [2.75, 3.05) is 31.1 Å². The number of amides is 1. The van der Waals surface area contributed by atoms with E-state index >= 15 is 0 Å². The number of carboxylic acids is 1. The molecule has 0 radical (unpaired) electrons. The second-order valence-electron chi connectivity index (χ2n) is 5.66. The van der Waals surface area contributed by atoms with Crippen molar-refractivity contribution in [3.05, 3.63) is 54.1 Å². The van der Waals surface area contributed by atoms with Crippen LogP contribution in [0.1, 0.15) is 10.4 Å². The summed E-state index contributed by atoms with van der Waals surface area (Å²) in [6.45, 7) is 1.91. The van der Waals surface area contributed by atoms with E-state index < -0.39 is 12.1 Å². The molecule has 3 rings (SSSR count). The Morgan fingerprint density at radius 2 is 1.60 bits per heavy atom. The van der Waals surface area contributed by atoms with Crippen molar-refractivity contribution < 1.29 is 24.5 Å². The summed E-state index contributed by atoms with van der Waals surface area (Å²) in [4.78, 5) is 25.8. The molecular formula is C18H18N2O5. The van der Waals surface area contributed by atoms with E-state index in [-0.39, 0.29) is 11.3 Å². The molecule has 7 heteroatoms. The molecule has 1 fully saturated rings.